The average molecular weight is 226 g/mol. The molecule has 0 aromatic heterocycles. The summed E-state index contributed by atoms with van der Waals surface area (Å²) in [4.78, 5) is 2.59. The third-order valence-electron chi connectivity index (χ3n) is 3.97. The van der Waals surface area contributed by atoms with E-state index in [2.05, 4.69) is 37.9 Å². The SMILES string of the molecule is CCCC(C)NC(C)C1CCCN(CC)C1. The second-order valence-corrected chi connectivity index (χ2v) is 5.44. The van der Waals surface area contributed by atoms with Crippen LogP contribution < -0.4 is 5.32 Å². The van der Waals surface area contributed by atoms with Crippen molar-refractivity contribution in [3.05, 3.63) is 0 Å². The van der Waals surface area contributed by atoms with Crippen LogP contribution in [0.3, 0.4) is 0 Å². The van der Waals surface area contributed by atoms with Crippen molar-refractivity contribution in [3.63, 3.8) is 0 Å². The number of rotatable bonds is 6. The third-order valence-corrected chi connectivity index (χ3v) is 3.97. The molecule has 1 aliphatic heterocycles. The van der Waals surface area contributed by atoms with E-state index in [0.717, 1.165) is 5.92 Å². The Kier molecular flexibility index (Phi) is 6.37. The van der Waals surface area contributed by atoms with E-state index in [1.807, 2.05) is 0 Å². The molecule has 3 unspecified atom stereocenters. The van der Waals surface area contributed by atoms with E-state index >= 15 is 0 Å². The third kappa shape index (κ3) is 4.42. The first-order valence-electron chi connectivity index (χ1n) is 7.15. The highest BCUT2D eigenvalue weighted by atomic mass is 15.1. The number of nitrogens with zero attached hydrogens (tertiary/aromatic N) is 1. The van der Waals surface area contributed by atoms with Gasteiger partial charge in [-0.05, 0) is 52.1 Å². The molecule has 0 aromatic rings. The zero-order valence-electron chi connectivity index (χ0n) is 11.6. The molecule has 2 nitrogen and oxygen atoms in total. The van der Waals surface area contributed by atoms with Crippen molar-refractivity contribution in [1.29, 1.82) is 0 Å². The van der Waals surface area contributed by atoms with Gasteiger partial charge in [0.1, 0.15) is 0 Å². The summed E-state index contributed by atoms with van der Waals surface area (Å²) in [7, 11) is 0. The molecule has 1 rings (SSSR count). The number of nitrogens with one attached hydrogen (secondary N) is 1. The lowest BCUT2D eigenvalue weighted by Gasteiger charge is -2.36. The van der Waals surface area contributed by atoms with E-state index in [-0.39, 0.29) is 0 Å². The van der Waals surface area contributed by atoms with Gasteiger partial charge in [0.2, 0.25) is 0 Å². The van der Waals surface area contributed by atoms with Crippen molar-refractivity contribution in [2.75, 3.05) is 19.6 Å². The van der Waals surface area contributed by atoms with Gasteiger partial charge in [0.25, 0.3) is 0 Å². The quantitative estimate of drug-likeness (QED) is 0.749. The zero-order chi connectivity index (χ0) is 12.0. The van der Waals surface area contributed by atoms with Gasteiger partial charge in [-0.25, -0.2) is 0 Å². The van der Waals surface area contributed by atoms with E-state index in [4.69, 9.17) is 0 Å². The van der Waals surface area contributed by atoms with Gasteiger partial charge in [0, 0.05) is 18.6 Å². The van der Waals surface area contributed by atoms with Gasteiger partial charge in [0.15, 0.2) is 0 Å². The van der Waals surface area contributed by atoms with E-state index < -0.39 is 0 Å². The van der Waals surface area contributed by atoms with E-state index in [1.54, 1.807) is 0 Å². The Morgan fingerprint density at radius 2 is 2.06 bits per heavy atom. The minimum Gasteiger partial charge on any atom is -0.311 e. The van der Waals surface area contributed by atoms with Gasteiger partial charge in [-0.2, -0.15) is 0 Å². The van der Waals surface area contributed by atoms with Crippen molar-refractivity contribution < 1.29 is 0 Å². The molecule has 1 aliphatic rings. The van der Waals surface area contributed by atoms with Crippen LogP contribution >= 0.6 is 0 Å². The van der Waals surface area contributed by atoms with Crippen molar-refractivity contribution >= 4 is 0 Å². The molecule has 1 fully saturated rings. The van der Waals surface area contributed by atoms with E-state index in [9.17, 15) is 0 Å². The lowest BCUT2D eigenvalue weighted by molar-refractivity contribution is 0.152. The Hall–Kier alpha value is -0.0800. The smallest absolute Gasteiger partial charge is 0.00816 e. The summed E-state index contributed by atoms with van der Waals surface area (Å²) < 4.78 is 0. The minimum atomic E-state index is 0.677. The van der Waals surface area contributed by atoms with Crippen LogP contribution in [0, 0.1) is 5.92 Å². The number of hydrogen-bond acceptors (Lipinski definition) is 2. The Labute approximate surface area is 102 Å². The van der Waals surface area contributed by atoms with Crippen molar-refractivity contribution in [2.24, 2.45) is 5.92 Å². The molecule has 0 bridgehead atoms. The molecule has 96 valence electrons. The Balaban J connectivity index is 2.32. The highest BCUT2D eigenvalue weighted by Gasteiger charge is 2.24. The predicted octanol–water partition coefficient (Wildman–Crippen LogP) is 2.89. The second-order valence-electron chi connectivity index (χ2n) is 5.44. The summed E-state index contributed by atoms with van der Waals surface area (Å²) in [5, 5.41) is 3.77. The molecule has 0 saturated carbocycles. The maximum Gasteiger partial charge on any atom is 0.00816 e. The number of piperidine rings is 1. The molecule has 1 N–H and O–H groups in total. The van der Waals surface area contributed by atoms with Crippen molar-refractivity contribution in [2.45, 2.75) is 65.5 Å². The van der Waals surface area contributed by atoms with Crippen molar-refractivity contribution in [1.82, 2.24) is 10.2 Å². The normalized spacial score (nSPS) is 26.6. The van der Waals surface area contributed by atoms with Crippen LogP contribution in [0.5, 0.6) is 0 Å². The van der Waals surface area contributed by atoms with Crippen LogP contribution in [0.2, 0.25) is 0 Å². The standard InChI is InChI=1S/C14H30N2/c1-5-8-12(3)15-13(4)14-9-7-10-16(6-2)11-14/h12-15H,5-11H2,1-4H3. The van der Waals surface area contributed by atoms with Gasteiger partial charge in [-0.15, -0.1) is 0 Å². The molecule has 0 amide bonds. The van der Waals surface area contributed by atoms with Gasteiger partial charge in [-0.3, -0.25) is 0 Å². The van der Waals surface area contributed by atoms with Crippen LogP contribution in [0.1, 0.15) is 53.4 Å². The second kappa shape index (κ2) is 7.29. The molecule has 0 spiro atoms. The molecule has 1 heterocycles. The first-order valence-corrected chi connectivity index (χ1v) is 7.15. The van der Waals surface area contributed by atoms with E-state index in [1.165, 1.54) is 45.3 Å². The number of likely N-dealkylation sites (tertiary alicyclic amines) is 1. The highest BCUT2D eigenvalue weighted by molar-refractivity contribution is 4.81. The zero-order valence-corrected chi connectivity index (χ0v) is 11.6. The largest absolute Gasteiger partial charge is 0.311 e. The molecule has 2 heteroatoms. The topological polar surface area (TPSA) is 15.3 Å². The van der Waals surface area contributed by atoms with Gasteiger partial charge in [0.05, 0.1) is 0 Å². The van der Waals surface area contributed by atoms with E-state index in [0.29, 0.717) is 12.1 Å². The van der Waals surface area contributed by atoms with Crippen LogP contribution in [-0.2, 0) is 0 Å². The Morgan fingerprint density at radius 1 is 1.31 bits per heavy atom. The first-order chi connectivity index (χ1) is 7.67. The molecule has 0 radical (unpaired) electrons. The summed E-state index contributed by atoms with van der Waals surface area (Å²) in [6.07, 6.45) is 5.37. The summed E-state index contributed by atoms with van der Waals surface area (Å²) in [5.74, 6) is 0.855. The first kappa shape index (κ1) is 14.0. The lowest BCUT2D eigenvalue weighted by atomic mass is 9.91. The predicted molar refractivity (Wildman–Crippen MR) is 71.8 cm³/mol. The monoisotopic (exact) mass is 226 g/mol. The summed E-state index contributed by atoms with van der Waals surface area (Å²) in [6.45, 7) is 13.1. The molecular weight excluding hydrogens is 196 g/mol. The fourth-order valence-electron chi connectivity index (χ4n) is 2.89. The molecule has 0 aliphatic carbocycles. The maximum absolute atomic E-state index is 3.77. The fourth-order valence-corrected chi connectivity index (χ4v) is 2.89. The molecule has 3 atom stereocenters. The Morgan fingerprint density at radius 3 is 2.69 bits per heavy atom. The van der Waals surface area contributed by atoms with Crippen molar-refractivity contribution in [3.8, 4) is 0 Å². The van der Waals surface area contributed by atoms with Gasteiger partial charge < -0.3 is 10.2 Å². The molecule has 16 heavy (non-hydrogen) atoms. The van der Waals surface area contributed by atoms with Crippen LogP contribution in [-0.4, -0.2) is 36.6 Å². The molecular formula is C14H30N2. The summed E-state index contributed by atoms with van der Waals surface area (Å²) in [5.41, 5.74) is 0. The fraction of sp³-hybridized carbons (Fsp3) is 1.00. The van der Waals surface area contributed by atoms with Crippen LogP contribution in [0.25, 0.3) is 0 Å². The summed E-state index contributed by atoms with van der Waals surface area (Å²) >= 11 is 0. The number of hydrogen-bond donors (Lipinski definition) is 1. The molecule has 0 aromatic carbocycles. The summed E-state index contributed by atoms with van der Waals surface area (Å²) in [6, 6.07) is 1.35. The van der Waals surface area contributed by atoms with Gasteiger partial charge in [-0.1, -0.05) is 20.3 Å². The minimum absolute atomic E-state index is 0.677. The average Bonchev–Trinajstić information content (AvgIpc) is 2.29. The lowest BCUT2D eigenvalue weighted by Crippen LogP contribution is -2.46. The maximum atomic E-state index is 3.77. The Bertz CT molecular complexity index is 182. The van der Waals surface area contributed by atoms with Crippen LogP contribution in [0.15, 0.2) is 0 Å². The van der Waals surface area contributed by atoms with Gasteiger partial charge >= 0.3 is 0 Å². The molecule has 1 saturated heterocycles. The highest BCUT2D eigenvalue weighted by Crippen LogP contribution is 2.20. The van der Waals surface area contributed by atoms with Crippen LogP contribution in [0.4, 0.5) is 0 Å².